The van der Waals surface area contributed by atoms with Gasteiger partial charge in [0.1, 0.15) is 0 Å². The van der Waals surface area contributed by atoms with Gasteiger partial charge in [0.25, 0.3) is 5.24 Å². The zero-order valence-electron chi connectivity index (χ0n) is 13.1. The Morgan fingerprint density at radius 3 is 2.76 bits per heavy atom. The maximum absolute atomic E-state index is 12.7. The molecule has 5 nitrogen and oxygen atoms in total. The minimum Gasteiger partial charge on any atom is -0.454 e. The van der Waals surface area contributed by atoms with Crippen LogP contribution in [-0.4, -0.2) is 28.1 Å². The molecule has 1 saturated heterocycles. The summed E-state index contributed by atoms with van der Waals surface area (Å²) in [5.41, 5.74) is 1.69. The second-order valence-corrected chi connectivity index (χ2v) is 7.34. The van der Waals surface area contributed by atoms with E-state index in [-0.39, 0.29) is 24.5 Å². The van der Waals surface area contributed by atoms with E-state index in [1.165, 1.54) is 4.90 Å². The Kier molecular flexibility index (Phi) is 4.31. The lowest BCUT2D eigenvalue weighted by Crippen LogP contribution is -2.31. The molecule has 4 rings (SSSR count). The van der Waals surface area contributed by atoms with Crippen LogP contribution in [0.15, 0.2) is 42.5 Å². The Balaban J connectivity index is 1.48. The van der Waals surface area contributed by atoms with E-state index in [2.05, 4.69) is 0 Å². The summed E-state index contributed by atoms with van der Waals surface area (Å²) < 4.78 is 10.6. The van der Waals surface area contributed by atoms with Crippen LogP contribution in [0.25, 0.3) is 0 Å². The molecule has 0 N–H and O–H groups in total. The summed E-state index contributed by atoms with van der Waals surface area (Å²) >= 11 is 7.19. The summed E-state index contributed by atoms with van der Waals surface area (Å²) in [6, 6.07) is 12.8. The van der Waals surface area contributed by atoms with Gasteiger partial charge in [-0.3, -0.25) is 14.5 Å². The highest BCUT2D eigenvalue weighted by Crippen LogP contribution is 2.36. The van der Waals surface area contributed by atoms with Crippen LogP contribution in [0.2, 0.25) is 5.02 Å². The number of ether oxygens (including phenoxy) is 2. The third-order valence-corrected chi connectivity index (χ3v) is 5.59. The summed E-state index contributed by atoms with van der Waals surface area (Å²) in [4.78, 5) is 26.2. The van der Waals surface area contributed by atoms with Crippen LogP contribution in [0.4, 0.5) is 4.79 Å². The predicted octanol–water partition coefficient (Wildman–Crippen LogP) is 3.88. The Hall–Kier alpha value is -2.18. The van der Waals surface area contributed by atoms with Gasteiger partial charge >= 0.3 is 0 Å². The van der Waals surface area contributed by atoms with Crippen molar-refractivity contribution in [2.75, 3.05) is 6.79 Å². The molecule has 2 aromatic rings. The van der Waals surface area contributed by atoms with Crippen LogP contribution < -0.4 is 9.47 Å². The second kappa shape index (κ2) is 6.61. The molecule has 2 amide bonds. The molecule has 2 aromatic carbocycles. The Morgan fingerprint density at radius 1 is 1.12 bits per heavy atom. The molecule has 2 aliphatic rings. The molecule has 2 aliphatic heterocycles. The number of halogens is 1. The van der Waals surface area contributed by atoms with Crippen molar-refractivity contribution in [3.05, 3.63) is 58.6 Å². The number of carbonyl (C=O) groups is 2. The summed E-state index contributed by atoms with van der Waals surface area (Å²) in [5, 5.41) is -0.127. The van der Waals surface area contributed by atoms with Crippen molar-refractivity contribution >= 4 is 34.5 Å². The number of thioether (sulfide) groups is 1. The molecule has 0 aliphatic carbocycles. The van der Waals surface area contributed by atoms with Crippen LogP contribution >= 0.6 is 23.4 Å². The number of hydrogen-bond donors (Lipinski definition) is 0. The maximum atomic E-state index is 12.7. The van der Waals surface area contributed by atoms with Crippen LogP contribution in [0, 0.1) is 0 Å². The molecule has 7 heteroatoms. The fourth-order valence-electron chi connectivity index (χ4n) is 2.85. The van der Waals surface area contributed by atoms with Crippen molar-refractivity contribution < 1.29 is 19.1 Å². The quantitative estimate of drug-likeness (QED) is 0.811. The second-order valence-electron chi connectivity index (χ2n) is 5.78. The minimum absolute atomic E-state index is 0.187. The van der Waals surface area contributed by atoms with Gasteiger partial charge in [-0.25, -0.2) is 0 Å². The average molecular weight is 376 g/mol. The highest BCUT2D eigenvalue weighted by molar-refractivity contribution is 8.15. The molecular weight excluding hydrogens is 362 g/mol. The Morgan fingerprint density at radius 2 is 1.92 bits per heavy atom. The number of benzene rings is 2. The largest absolute Gasteiger partial charge is 0.454 e. The lowest BCUT2D eigenvalue weighted by molar-refractivity contribution is -0.127. The third-order valence-electron chi connectivity index (χ3n) is 4.15. The number of rotatable bonds is 4. The average Bonchev–Trinajstić information content (AvgIpc) is 3.16. The van der Waals surface area contributed by atoms with Gasteiger partial charge in [-0.2, -0.15) is 0 Å². The molecular formula is C18H14ClNO4S. The number of fused-ring (bicyclic) bond motifs is 1. The van der Waals surface area contributed by atoms with Gasteiger partial charge in [-0.15, -0.1) is 0 Å². The van der Waals surface area contributed by atoms with Crippen LogP contribution in [0.1, 0.15) is 11.1 Å². The first-order chi connectivity index (χ1) is 12.1. The SMILES string of the molecule is O=C1S[C@@H](Cc2ccc3c(c2)OCO3)C(=O)N1Cc1ccccc1Cl. The van der Waals surface area contributed by atoms with E-state index in [0.717, 1.165) is 22.9 Å². The molecule has 0 bridgehead atoms. The highest BCUT2D eigenvalue weighted by atomic mass is 35.5. The number of imide groups is 1. The molecule has 1 atom stereocenters. The van der Waals surface area contributed by atoms with E-state index in [4.69, 9.17) is 21.1 Å². The first-order valence-electron chi connectivity index (χ1n) is 7.76. The summed E-state index contributed by atoms with van der Waals surface area (Å²) in [5.74, 6) is 1.19. The van der Waals surface area contributed by atoms with Crippen molar-refractivity contribution in [2.45, 2.75) is 18.2 Å². The normalized spacial score (nSPS) is 18.9. The molecule has 2 heterocycles. The molecule has 0 spiro atoms. The molecule has 1 fully saturated rings. The lowest BCUT2D eigenvalue weighted by atomic mass is 10.1. The van der Waals surface area contributed by atoms with E-state index in [9.17, 15) is 9.59 Å². The molecule has 25 heavy (non-hydrogen) atoms. The van der Waals surface area contributed by atoms with Crippen LogP contribution in [-0.2, 0) is 17.8 Å². The van der Waals surface area contributed by atoms with Gasteiger partial charge in [0.05, 0.1) is 11.8 Å². The molecule has 0 unspecified atom stereocenters. The Bertz CT molecular complexity index is 857. The Labute approximate surface area is 153 Å². The standard InChI is InChI=1S/C18H14ClNO4S/c19-13-4-2-1-3-12(13)9-20-17(21)16(25-18(20)22)8-11-5-6-14-15(7-11)24-10-23-14/h1-7,16H,8-10H2/t16-/m0/s1. The van der Waals surface area contributed by atoms with Crippen molar-refractivity contribution in [1.82, 2.24) is 4.90 Å². The molecule has 0 radical (unpaired) electrons. The van der Waals surface area contributed by atoms with Gasteiger partial charge in [-0.1, -0.05) is 47.6 Å². The van der Waals surface area contributed by atoms with Crippen molar-refractivity contribution in [3.8, 4) is 11.5 Å². The third kappa shape index (κ3) is 3.19. The number of nitrogens with zero attached hydrogens (tertiary/aromatic N) is 1. The topological polar surface area (TPSA) is 55.8 Å². The number of carbonyl (C=O) groups excluding carboxylic acids is 2. The fraction of sp³-hybridized carbons (Fsp3) is 0.222. The molecule has 0 aromatic heterocycles. The minimum atomic E-state index is -0.435. The smallest absolute Gasteiger partial charge is 0.289 e. The van der Waals surface area contributed by atoms with Gasteiger partial charge in [-0.05, 0) is 35.7 Å². The summed E-state index contributed by atoms with van der Waals surface area (Å²) in [7, 11) is 0. The molecule has 128 valence electrons. The van der Waals surface area contributed by atoms with Gasteiger partial charge < -0.3 is 9.47 Å². The zero-order chi connectivity index (χ0) is 17.4. The van der Waals surface area contributed by atoms with Crippen molar-refractivity contribution in [2.24, 2.45) is 0 Å². The van der Waals surface area contributed by atoms with Crippen molar-refractivity contribution in [3.63, 3.8) is 0 Å². The monoisotopic (exact) mass is 375 g/mol. The van der Waals surface area contributed by atoms with Gasteiger partial charge in [0, 0.05) is 5.02 Å². The van der Waals surface area contributed by atoms with Crippen LogP contribution in [0.5, 0.6) is 11.5 Å². The van der Waals surface area contributed by atoms with Gasteiger partial charge in [0.15, 0.2) is 11.5 Å². The fourth-order valence-corrected chi connectivity index (χ4v) is 4.07. The van der Waals surface area contributed by atoms with E-state index >= 15 is 0 Å². The maximum Gasteiger partial charge on any atom is 0.289 e. The lowest BCUT2D eigenvalue weighted by Gasteiger charge is -2.15. The molecule has 0 saturated carbocycles. The number of amides is 2. The summed E-state index contributed by atoms with van der Waals surface area (Å²) in [6.07, 6.45) is 0.463. The first-order valence-corrected chi connectivity index (χ1v) is 9.01. The van der Waals surface area contributed by atoms with E-state index in [0.29, 0.717) is 22.9 Å². The van der Waals surface area contributed by atoms with E-state index in [1.54, 1.807) is 6.07 Å². The van der Waals surface area contributed by atoms with Gasteiger partial charge in [0.2, 0.25) is 12.7 Å². The number of hydrogen-bond acceptors (Lipinski definition) is 5. The van der Waals surface area contributed by atoms with E-state index < -0.39 is 5.25 Å². The highest BCUT2D eigenvalue weighted by Gasteiger charge is 2.39. The van der Waals surface area contributed by atoms with Crippen molar-refractivity contribution in [1.29, 1.82) is 0 Å². The first kappa shape index (κ1) is 16.3. The predicted molar refractivity (Wildman–Crippen MR) is 95.0 cm³/mol. The zero-order valence-corrected chi connectivity index (χ0v) is 14.7. The van der Waals surface area contributed by atoms with Crippen LogP contribution in [0.3, 0.4) is 0 Å². The summed E-state index contributed by atoms with van der Waals surface area (Å²) in [6.45, 7) is 0.405. The van der Waals surface area contributed by atoms with E-state index in [1.807, 2.05) is 36.4 Å².